The zero-order valence-electron chi connectivity index (χ0n) is 10.4. The SMILES string of the molecule is CC(O)C(C)NCC1CN2CCCC2CO1. The van der Waals surface area contributed by atoms with Gasteiger partial charge in [0, 0.05) is 25.2 Å². The fourth-order valence-corrected chi connectivity index (χ4v) is 2.50. The van der Waals surface area contributed by atoms with E-state index in [2.05, 4.69) is 10.2 Å². The minimum Gasteiger partial charge on any atom is -0.392 e. The Balaban J connectivity index is 1.71. The second kappa shape index (κ2) is 5.45. The molecule has 94 valence electrons. The summed E-state index contributed by atoms with van der Waals surface area (Å²) >= 11 is 0. The van der Waals surface area contributed by atoms with Gasteiger partial charge in [-0.25, -0.2) is 0 Å². The van der Waals surface area contributed by atoms with E-state index in [1.165, 1.54) is 19.4 Å². The van der Waals surface area contributed by atoms with E-state index in [9.17, 15) is 5.11 Å². The van der Waals surface area contributed by atoms with Crippen molar-refractivity contribution in [1.29, 1.82) is 0 Å². The molecule has 2 aliphatic heterocycles. The van der Waals surface area contributed by atoms with E-state index >= 15 is 0 Å². The van der Waals surface area contributed by atoms with Crippen molar-refractivity contribution in [1.82, 2.24) is 10.2 Å². The van der Waals surface area contributed by atoms with Crippen molar-refractivity contribution >= 4 is 0 Å². The molecule has 4 atom stereocenters. The standard InChI is InChI=1S/C12H24N2O2/c1-9(10(2)15)13-6-12-7-14-5-3-4-11(14)8-16-12/h9-13,15H,3-8H2,1-2H3. The molecule has 0 bridgehead atoms. The molecule has 0 radical (unpaired) electrons. The summed E-state index contributed by atoms with van der Waals surface area (Å²) in [6.45, 7) is 7.83. The van der Waals surface area contributed by atoms with E-state index in [1.54, 1.807) is 0 Å². The molecule has 0 aromatic heterocycles. The highest BCUT2D eigenvalue weighted by molar-refractivity contribution is 4.86. The van der Waals surface area contributed by atoms with E-state index in [1.807, 2.05) is 13.8 Å². The minimum absolute atomic E-state index is 0.139. The quantitative estimate of drug-likeness (QED) is 0.722. The van der Waals surface area contributed by atoms with Crippen molar-refractivity contribution in [3.8, 4) is 0 Å². The van der Waals surface area contributed by atoms with Crippen LogP contribution in [0.2, 0.25) is 0 Å². The maximum atomic E-state index is 9.39. The van der Waals surface area contributed by atoms with Gasteiger partial charge in [0.1, 0.15) is 0 Å². The molecule has 0 spiro atoms. The Bertz CT molecular complexity index is 223. The van der Waals surface area contributed by atoms with Gasteiger partial charge >= 0.3 is 0 Å². The maximum Gasteiger partial charge on any atom is 0.0827 e. The number of nitrogens with zero attached hydrogens (tertiary/aromatic N) is 1. The van der Waals surface area contributed by atoms with Crippen molar-refractivity contribution in [3.63, 3.8) is 0 Å². The van der Waals surface area contributed by atoms with Gasteiger partial charge in [0.2, 0.25) is 0 Å². The van der Waals surface area contributed by atoms with Crippen LogP contribution in [0.5, 0.6) is 0 Å². The lowest BCUT2D eigenvalue weighted by Gasteiger charge is -2.35. The molecule has 2 heterocycles. The number of ether oxygens (including phenoxy) is 1. The van der Waals surface area contributed by atoms with Gasteiger partial charge in [-0.1, -0.05) is 0 Å². The molecule has 2 N–H and O–H groups in total. The molecule has 0 aromatic carbocycles. The average molecular weight is 228 g/mol. The molecule has 0 aromatic rings. The van der Waals surface area contributed by atoms with Gasteiger partial charge in [-0.05, 0) is 33.2 Å². The van der Waals surface area contributed by atoms with Crippen molar-refractivity contribution < 1.29 is 9.84 Å². The van der Waals surface area contributed by atoms with E-state index in [4.69, 9.17) is 4.74 Å². The van der Waals surface area contributed by atoms with Crippen molar-refractivity contribution in [2.45, 2.75) is 51.0 Å². The van der Waals surface area contributed by atoms with Crippen LogP contribution in [0.3, 0.4) is 0 Å². The summed E-state index contributed by atoms with van der Waals surface area (Å²) in [6.07, 6.45) is 2.60. The van der Waals surface area contributed by atoms with Gasteiger partial charge in [0.05, 0.1) is 18.8 Å². The summed E-state index contributed by atoms with van der Waals surface area (Å²) in [5, 5.41) is 12.7. The summed E-state index contributed by atoms with van der Waals surface area (Å²) in [7, 11) is 0. The van der Waals surface area contributed by atoms with Crippen LogP contribution in [0.15, 0.2) is 0 Å². The van der Waals surface area contributed by atoms with Crippen LogP contribution in [0.1, 0.15) is 26.7 Å². The van der Waals surface area contributed by atoms with Crippen LogP contribution in [0.25, 0.3) is 0 Å². The van der Waals surface area contributed by atoms with Gasteiger partial charge in [0.15, 0.2) is 0 Å². The summed E-state index contributed by atoms with van der Waals surface area (Å²) in [6, 6.07) is 0.811. The van der Waals surface area contributed by atoms with Crippen LogP contribution >= 0.6 is 0 Å². The monoisotopic (exact) mass is 228 g/mol. The number of rotatable bonds is 4. The predicted octanol–water partition coefficient (Wildman–Crippen LogP) is 0.208. The molecule has 0 amide bonds. The zero-order chi connectivity index (χ0) is 11.5. The fraction of sp³-hybridized carbons (Fsp3) is 1.00. The van der Waals surface area contributed by atoms with E-state index < -0.39 is 0 Å². The largest absolute Gasteiger partial charge is 0.392 e. The third-order valence-corrected chi connectivity index (χ3v) is 3.85. The molecule has 2 rings (SSSR count). The van der Waals surface area contributed by atoms with E-state index in [0.29, 0.717) is 6.04 Å². The highest BCUT2D eigenvalue weighted by Crippen LogP contribution is 2.22. The normalized spacial score (nSPS) is 34.7. The Morgan fingerprint density at radius 3 is 3.06 bits per heavy atom. The zero-order valence-corrected chi connectivity index (χ0v) is 10.4. The van der Waals surface area contributed by atoms with Crippen LogP contribution < -0.4 is 5.32 Å². The minimum atomic E-state index is -0.303. The summed E-state index contributed by atoms with van der Waals surface area (Å²) in [5.41, 5.74) is 0. The number of aliphatic hydroxyl groups is 1. The fourth-order valence-electron chi connectivity index (χ4n) is 2.50. The van der Waals surface area contributed by atoms with E-state index in [0.717, 1.165) is 19.7 Å². The Kier molecular flexibility index (Phi) is 4.19. The first-order valence-corrected chi connectivity index (χ1v) is 6.44. The molecule has 4 unspecified atom stereocenters. The lowest BCUT2D eigenvalue weighted by atomic mass is 10.1. The highest BCUT2D eigenvalue weighted by Gasteiger charge is 2.32. The topological polar surface area (TPSA) is 44.7 Å². The third-order valence-electron chi connectivity index (χ3n) is 3.85. The van der Waals surface area contributed by atoms with Gasteiger partial charge in [-0.3, -0.25) is 4.90 Å². The molecule has 0 saturated carbocycles. The predicted molar refractivity (Wildman–Crippen MR) is 63.5 cm³/mol. The second-order valence-electron chi connectivity index (χ2n) is 5.18. The van der Waals surface area contributed by atoms with E-state index in [-0.39, 0.29) is 18.2 Å². The smallest absolute Gasteiger partial charge is 0.0827 e. The maximum absolute atomic E-state index is 9.39. The van der Waals surface area contributed by atoms with Crippen molar-refractivity contribution in [2.75, 3.05) is 26.2 Å². The molecular weight excluding hydrogens is 204 g/mol. The molecular formula is C12H24N2O2. The molecule has 4 heteroatoms. The number of nitrogens with one attached hydrogen (secondary N) is 1. The Hall–Kier alpha value is -0.160. The van der Waals surface area contributed by atoms with Gasteiger partial charge in [-0.2, -0.15) is 0 Å². The van der Waals surface area contributed by atoms with Gasteiger partial charge in [0.25, 0.3) is 0 Å². The first-order chi connectivity index (χ1) is 7.66. The first-order valence-electron chi connectivity index (χ1n) is 6.44. The van der Waals surface area contributed by atoms with Crippen molar-refractivity contribution in [2.24, 2.45) is 0 Å². The first kappa shape index (κ1) is 12.3. The summed E-state index contributed by atoms with van der Waals surface area (Å²) < 4.78 is 5.84. The van der Waals surface area contributed by atoms with Crippen LogP contribution in [-0.2, 0) is 4.74 Å². The second-order valence-corrected chi connectivity index (χ2v) is 5.18. The average Bonchev–Trinajstić information content (AvgIpc) is 2.72. The van der Waals surface area contributed by atoms with Crippen LogP contribution in [0.4, 0.5) is 0 Å². The molecule has 4 nitrogen and oxygen atoms in total. The Morgan fingerprint density at radius 1 is 1.50 bits per heavy atom. The molecule has 0 aliphatic carbocycles. The van der Waals surface area contributed by atoms with Crippen LogP contribution in [-0.4, -0.2) is 60.5 Å². The summed E-state index contributed by atoms with van der Waals surface area (Å²) in [4.78, 5) is 2.54. The molecule has 2 aliphatic rings. The number of fused-ring (bicyclic) bond motifs is 1. The molecule has 16 heavy (non-hydrogen) atoms. The highest BCUT2D eigenvalue weighted by atomic mass is 16.5. The molecule has 2 fully saturated rings. The molecule has 2 saturated heterocycles. The number of aliphatic hydroxyl groups excluding tert-OH is 1. The van der Waals surface area contributed by atoms with Gasteiger partial charge in [-0.15, -0.1) is 0 Å². The third kappa shape index (κ3) is 2.94. The van der Waals surface area contributed by atoms with Gasteiger partial charge < -0.3 is 15.2 Å². The summed E-state index contributed by atoms with van der Waals surface area (Å²) in [5.74, 6) is 0. The lowest BCUT2D eigenvalue weighted by molar-refractivity contribution is -0.0489. The number of hydrogen-bond acceptors (Lipinski definition) is 4. The lowest BCUT2D eigenvalue weighted by Crippen LogP contribution is -2.51. The number of hydrogen-bond donors (Lipinski definition) is 2. The number of morpholine rings is 1. The Labute approximate surface area is 98.0 Å². The van der Waals surface area contributed by atoms with Crippen molar-refractivity contribution in [3.05, 3.63) is 0 Å². The van der Waals surface area contributed by atoms with Crippen LogP contribution in [0, 0.1) is 0 Å². The Morgan fingerprint density at radius 2 is 2.31 bits per heavy atom.